The molecule has 3 N–H and O–H groups in total. The van der Waals surface area contributed by atoms with Gasteiger partial charge in [-0.05, 0) is 32.4 Å². The van der Waals surface area contributed by atoms with Crippen LogP contribution in [0.4, 0.5) is 0 Å². The fourth-order valence-corrected chi connectivity index (χ4v) is 2.77. The highest BCUT2D eigenvalue weighted by molar-refractivity contribution is 7.89. The van der Waals surface area contributed by atoms with Crippen LogP contribution < -0.4 is 15.4 Å². The largest absolute Gasteiger partial charge is 0.357 e. The van der Waals surface area contributed by atoms with Gasteiger partial charge in [-0.3, -0.25) is 4.40 Å². The molecule has 0 radical (unpaired) electrons. The molecule has 0 aliphatic carbocycles. The van der Waals surface area contributed by atoms with Gasteiger partial charge in [-0.1, -0.05) is 6.07 Å². The van der Waals surface area contributed by atoms with E-state index in [2.05, 4.69) is 30.5 Å². The first kappa shape index (κ1) is 19.1. The average Bonchev–Trinajstić information content (AvgIpc) is 3.02. The number of sulfonamides is 1. The summed E-state index contributed by atoms with van der Waals surface area (Å²) in [6, 6.07) is 5.72. The summed E-state index contributed by atoms with van der Waals surface area (Å²) in [4.78, 5) is 4.50. The Bertz CT molecular complexity index is 801. The maximum atomic E-state index is 11.4. The fourth-order valence-electron chi connectivity index (χ4n) is 2.12. The molecule has 2 aromatic heterocycles. The molecule has 10 heteroatoms. The molecule has 9 nitrogen and oxygen atoms in total. The van der Waals surface area contributed by atoms with E-state index in [0.29, 0.717) is 32.0 Å². The number of hydrogen-bond donors (Lipinski definition) is 3. The molecule has 0 amide bonds. The Balaban J connectivity index is 1.86. The molecule has 138 valence electrons. The summed E-state index contributed by atoms with van der Waals surface area (Å²) >= 11 is 0. The Kier molecular flexibility index (Phi) is 7.14. The van der Waals surface area contributed by atoms with Crippen molar-refractivity contribution in [1.82, 2.24) is 30.0 Å². The molecular formula is C15H25N7O2S. The molecule has 0 spiro atoms. The van der Waals surface area contributed by atoms with Crippen LogP contribution >= 0.6 is 0 Å². The topological polar surface area (TPSA) is 113 Å². The van der Waals surface area contributed by atoms with Crippen LogP contribution in [0.3, 0.4) is 0 Å². The highest BCUT2D eigenvalue weighted by atomic mass is 32.2. The van der Waals surface area contributed by atoms with Gasteiger partial charge in [-0.2, -0.15) is 0 Å². The highest BCUT2D eigenvalue weighted by Gasteiger charge is 2.06. The quantitative estimate of drug-likeness (QED) is 0.329. The van der Waals surface area contributed by atoms with E-state index in [0.717, 1.165) is 18.0 Å². The van der Waals surface area contributed by atoms with Gasteiger partial charge < -0.3 is 10.6 Å². The lowest BCUT2D eigenvalue weighted by Crippen LogP contribution is -2.39. The Morgan fingerprint density at radius 1 is 1.20 bits per heavy atom. The van der Waals surface area contributed by atoms with Crippen LogP contribution in [-0.4, -0.2) is 54.4 Å². The van der Waals surface area contributed by atoms with Crippen molar-refractivity contribution in [3.05, 3.63) is 30.2 Å². The number of hydrogen-bond acceptors (Lipinski definition) is 5. The van der Waals surface area contributed by atoms with Crippen molar-refractivity contribution in [3.8, 4) is 0 Å². The van der Waals surface area contributed by atoms with Gasteiger partial charge in [0.25, 0.3) is 0 Å². The number of fused-ring (bicyclic) bond motifs is 1. The van der Waals surface area contributed by atoms with Crippen molar-refractivity contribution in [1.29, 1.82) is 0 Å². The second kappa shape index (κ2) is 9.33. The van der Waals surface area contributed by atoms with E-state index in [1.807, 2.05) is 35.7 Å². The SMILES string of the molecule is CCNC(=NCc1nnc2ccccn12)NCCCNS(=O)(=O)CC. The van der Waals surface area contributed by atoms with Gasteiger partial charge in [0.2, 0.25) is 10.0 Å². The minimum absolute atomic E-state index is 0.0941. The minimum Gasteiger partial charge on any atom is -0.357 e. The molecule has 0 saturated heterocycles. The van der Waals surface area contributed by atoms with Crippen LogP contribution in [0, 0.1) is 0 Å². The Morgan fingerprint density at radius 2 is 2.04 bits per heavy atom. The molecule has 0 aliphatic rings. The van der Waals surface area contributed by atoms with Gasteiger partial charge in [0, 0.05) is 25.8 Å². The van der Waals surface area contributed by atoms with E-state index in [1.54, 1.807) is 6.92 Å². The molecule has 2 aromatic rings. The van der Waals surface area contributed by atoms with E-state index in [9.17, 15) is 8.42 Å². The highest BCUT2D eigenvalue weighted by Crippen LogP contribution is 2.03. The number of aliphatic imine (C=N–C) groups is 1. The van der Waals surface area contributed by atoms with Gasteiger partial charge in [0.15, 0.2) is 17.4 Å². The molecular weight excluding hydrogens is 342 g/mol. The lowest BCUT2D eigenvalue weighted by molar-refractivity contribution is 0.579. The molecule has 2 rings (SSSR count). The summed E-state index contributed by atoms with van der Waals surface area (Å²) in [6.45, 7) is 5.73. The van der Waals surface area contributed by atoms with Crippen LogP contribution in [0.5, 0.6) is 0 Å². The van der Waals surface area contributed by atoms with Crippen molar-refractivity contribution in [2.24, 2.45) is 4.99 Å². The van der Waals surface area contributed by atoms with Gasteiger partial charge in [0.05, 0.1) is 5.75 Å². The zero-order chi connectivity index (χ0) is 18.1. The summed E-state index contributed by atoms with van der Waals surface area (Å²) in [5, 5.41) is 14.6. The molecule has 0 bridgehead atoms. The third-order valence-corrected chi connectivity index (χ3v) is 4.86. The Hall–Kier alpha value is -2.20. The van der Waals surface area contributed by atoms with Gasteiger partial charge >= 0.3 is 0 Å². The maximum absolute atomic E-state index is 11.4. The van der Waals surface area contributed by atoms with Gasteiger partial charge in [-0.15, -0.1) is 10.2 Å². The second-order valence-corrected chi connectivity index (χ2v) is 7.41. The zero-order valence-corrected chi connectivity index (χ0v) is 15.4. The molecule has 0 unspecified atom stereocenters. The number of rotatable bonds is 9. The Morgan fingerprint density at radius 3 is 2.80 bits per heavy atom. The maximum Gasteiger partial charge on any atom is 0.211 e. The molecule has 0 aromatic carbocycles. The van der Waals surface area contributed by atoms with E-state index < -0.39 is 10.0 Å². The first-order valence-electron chi connectivity index (χ1n) is 8.34. The number of nitrogens with one attached hydrogen (secondary N) is 3. The Labute approximate surface area is 148 Å². The predicted molar refractivity (Wildman–Crippen MR) is 97.9 cm³/mol. The third kappa shape index (κ3) is 5.98. The van der Waals surface area contributed by atoms with Gasteiger partial charge in [-0.25, -0.2) is 18.1 Å². The first-order chi connectivity index (χ1) is 12.1. The van der Waals surface area contributed by atoms with Crippen LogP contribution in [0.15, 0.2) is 29.4 Å². The molecule has 2 heterocycles. The normalized spacial score (nSPS) is 12.5. The number of guanidine groups is 1. The van der Waals surface area contributed by atoms with Crippen LogP contribution in [0.1, 0.15) is 26.1 Å². The minimum atomic E-state index is -3.13. The molecule has 0 aliphatic heterocycles. The van der Waals surface area contributed by atoms with E-state index in [1.165, 1.54) is 0 Å². The molecule has 0 saturated carbocycles. The predicted octanol–water partition coefficient (Wildman–Crippen LogP) is 0.114. The van der Waals surface area contributed by atoms with Crippen molar-refractivity contribution in [2.75, 3.05) is 25.4 Å². The molecule has 25 heavy (non-hydrogen) atoms. The van der Waals surface area contributed by atoms with Crippen molar-refractivity contribution in [3.63, 3.8) is 0 Å². The van der Waals surface area contributed by atoms with E-state index in [-0.39, 0.29) is 5.75 Å². The van der Waals surface area contributed by atoms with Crippen molar-refractivity contribution < 1.29 is 8.42 Å². The van der Waals surface area contributed by atoms with E-state index in [4.69, 9.17) is 0 Å². The summed E-state index contributed by atoms with van der Waals surface area (Å²) in [5.41, 5.74) is 0.786. The lowest BCUT2D eigenvalue weighted by atomic mass is 10.4. The number of pyridine rings is 1. The first-order valence-corrected chi connectivity index (χ1v) is 9.99. The number of nitrogens with zero attached hydrogens (tertiary/aromatic N) is 4. The van der Waals surface area contributed by atoms with E-state index >= 15 is 0 Å². The summed E-state index contributed by atoms with van der Waals surface area (Å²) < 4.78 is 27.1. The van der Waals surface area contributed by atoms with Gasteiger partial charge in [0.1, 0.15) is 6.54 Å². The number of aromatic nitrogens is 3. The zero-order valence-electron chi connectivity index (χ0n) is 14.6. The molecule has 0 fully saturated rings. The smallest absolute Gasteiger partial charge is 0.211 e. The third-order valence-electron chi connectivity index (χ3n) is 3.46. The van der Waals surface area contributed by atoms with Crippen molar-refractivity contribution >= 4 is 21.6 Å². The van der Waals surface area contributed by atoms with Crippen LogP contribution in [-0.2, 0) is 16.6 Å². The fraction of sp³-hybridized carbons (Fsp3) is 0.533. The summed E-state index contributed by atoms with van der Waals surface area (Å²) in [7, 11) is -3.13. The second-order valence-electron chi connectivity index (χ2n) is 5.32. The monoisotopic (exact) mass is 367 g/mol. The molecule has 0 atom stereocenters. The standard InChI is InChI=1S/C15H25N7O2S/c1-3-16-15(17-9-7-10-19-25(23,24)4-2)18-12-14-21-20-13-8-5-6-11-22(13)14/h5-6,8,11,19H,3-4,7,9-10,12H2,1-2H3,(H2,16,17,18). The lowest BCUT2D eigenvalue weighted by Gasteiger charge is -2.11. The van der Waals surface area contributed by atoms with Crippen molar-refractivity contribution in [2.45, 2.75) is 26.8 Å². The summed E-state index contributed by atoms with van der Waals surface area (Å²) in [5.74, 6) is 1.51. The van der Waals surface area contributed by atoms with Crippen LogP contribution in [0.25, 0.3) is 5.65 Å². The van der Waals surface area contributed by atoms with Crippen LogP contribution in [0.2, 0.25) is 0 Å². The average molecular weight is 367 g/mol. The summed E-state index contributed by atoms with van der Waals surface area (Å²) in [6.07, 6.45) is 2.57.